The number of thiazole rings is 1. The third-order valence-electron chi connectivity index (χ3n) is 4.59. The predicted molar refractivity (Wildman–Crippen MR) is 125 cm³/mol. The van der Waals surface area contributed by atoms with Crippen LogP contribution in [0.15, 0.2) is 23.7 Å². The van der Waals surface area contributed by atoms with Crippen molar-refractivity contribution in [3.63, 3.8) is 0 Å². The normalized spacial score (nSPS) is 24.7. The molecule has 0 aliphatic carbocycles. The van der Waals surface area contributed by atoms with Crippen molar-refractivity contribution in [3.8, 4) is 0 Å². The Kier molecular flexibility index (Phi) is 7.33. The van der Waals surface area contributed by atoms with Crippen molar-refractivity contribution in [1.82, 2.24) is 4.98 Å². The molecule has 0 aromatic carbocycles. The maximum absolute atomic E-state index is 12.7. The number of hydrogen-bond donors (Lipinski definition) is 1. The fraction of sp³-hybridized carbons (Fsp3) is 0.455. The summed E-state index contributed by atoms with van der Waals surface area (Å²) in [6, 6.07) is 3.36. The summed E-state index contributed by atoms with van der Waals surface area (Å²) in [7, 11) is 0. The van der Waals surface area contributed by atoms with Crippen molar-refractivity contribution in [3.05, 3.63) is 33.5 Å². The first-order valence-corrected chi connectivity index (χ1v) is 11.8. The van der Waals surface area contributed by atoms with E-state index in [2.05, 4.69) is 10.3 Å². The third-order valence-corrected chi connectivity index (χ3v) is 6.38. The van der Waals surface area contributed by atoms with Crippen molar-refractivity contribution in [1.29, 1.82) is 0 Å². The maximum atomic E-state index is 12.7. The molecule has 14 heteroatoms. The molecule has 1 aliphatic heterocycles. The van der Waals surface area contributed by atoms with Gasteiger partial charge in [0.2, 0.25) is 5.78 Å². The number of ether oxygens (including phenoxy) is 5. The van der Waals surface area contributed by atoms with Gasteiger partial charge >= 0.3 is 23.9 Å². The van der Waals surface area contributed by atoms with E-state index in [1.807, 2.05) is 0 Å². The van der Waals surface area contributed by atoms with Gasteiger partial charge in [0, 0.05) is 33.1 Å². The zero-order valence-corrected chi connectivity index (χ0v) is 20.2. The van der Waals surface area contributed by atoms with Crippen molar-refractivity contribution < 1.29 is 53.1 Å². The van der Waals surface area contributed by atoms with Gasteiger partial charge in [0.05, 0.1) is 16.0 Å². The summed E-state index contributed by atoms with van der Waals surface area (Å²) in [6.07, 6.45) is -6.28. The molecule has 5 atom stereocenters. The Morgan fingerprint density at radius 2 is 1.64 bits per heavy atom. The van der Waals surface area contributed by atoms with E-state index in [1.54, 1.807) is 17.5 Å². The Morgan fingerprint density at radius 3 is 2.28 bits per heavy atom. The molecule has 0 bridgehead atoms. The average molecular weight is 545 g/mol. The third kappa shape index (κ3) is 7.08. The fourth-order valence-corrected chi connectivity index (χ4v) is 4.84. The van der Waals surface area contributed by atoms with Crippen molar-refractivity contribution in [2.45, 2.75) is 58.2 Å². The lowest BCUT2D eigenvalue weighted by Gasteiger charge is -2.44. The molecular weight excluding hydrogens is 516 g/mol. The zero-order chi connectivity index (χ0) is 29.2. The Hall–Kier alpha value is -3.36. The van der Waals surface area contributed by atoms with Crippen molar-refractivity contribution >= 4 is 57.5 Å². The average Bonchev–Trinajstić information content (AvgIpc) is 3.67. The van der Waals surface area contributed by atoms with Crippen LogP contribution in [0.5, 0.6) is 0 Å². The van der Waals surface area contributed by atoms with E-state index >= 15 is 0 Å². The molecule has 0 spiro atoms. The molecule has 3 rings (SSSR count). The van der Waals surface area contributed by atoms with Crippen LogP contribution in [0.2, 0.25) is 0 Å². The van der Waals surface area contributed by atoms with Gasteiger partial charge in [-0.3, -0.25) is 24.0 Å². The van der Waals surface area contributed by atoms with E-state index in [0.717, 1.165) is 11.3 Å². The molecule has 0 saturated carbocycles. The first-order chi connectivity index (χ1) is 19.2. The molecular formula is C22H24N2O10S2. The number of nitrogens with zero attached hydrogens (tertiary/aromatic N) is 1. The number of anilines is 1. The quantitative estimate of drug-likeness (QED) is 0.278. The summed E-state index contributed by atoms with van der Waals surface area (Å²) < 4.78 is 55.9. The van der Waals surface area contributed by atoms with Gasteiger partial charge in [-0.1, -0.05) is 17.4 Å². The molecule has 0 amide bonds. The van der Waals surface area contributed by atoms with Gasteiger partial charge in [0.15, 0.2) is 29.7 Å². The van der Waals surface area contributed by atoms with Crippen LogP contribution in [-0.2, 0) is 42.9 Å². The van der Waals surface area contributed by atoms with Gasteiger partial charge in [-0.2, -0.15) is 0 Å². The lowest BCUT2D eigenvalue weighted by molar-refractivity contribution is -0.247. The van der Waals surface area contributed by atoms with E-state index in [0.29, 0.717) is 4.88 Å². The SMILES string of the molecule is [2H]CC(=O)OC[C@H]1OC(Nc2ncc(C(=O)c3cccs3)s2)[C@@H](OC(=O)C[2H])[C@@H](OC(=O)C[2H])[C@@H]1OC(=O)C[2H]. The minimum atomic E-state index is -1.64. The van der Waals surface area contributed by atoms with Crippen molar-refractivity contribution in [2.24, 2.45) is 0 Å². The van der Waals surface area contributed by atoms with E-state index < -0.39 is 88.7 Å². The zero-order valence-electron chi connectivity index (χ0n) is 22.6. The van der Waals surface area contributed by atoms with Gasteiger partial charge in [-0.15, -0.1) is 11.3 Å². The molecule has 2 aromatic heterocycles. The lowest BCUT2D eigenvalue weighted by Crippen LogP contribution is -2.64. The molecule has 0 radical (unpaired) electrons. The molecule has 2 aromatic rings. The number of hydrogen-bond acceptors (Lipinski definition) is 14. The maximum Gasteiger partial charge on any atom is 0.303 e. The number of carbonyl (C=O) groups excluding carboxylic acids is 5. The molecule has 1 aliphatic rings. The highest BCUT2D eigenvalue weighted by Gasteiger charge is 2.52. The summed E-state index contributed by atoms with van der Waals surface area (Å²) in [5, 5.41) is 4.68. The van der Waals surface area contributed by atoms with E-state index in [4.69, 9.17) is 29.2 Å². The Morgan fingerprint density at radius 1 is 0.972 bits per heavy atom. The van der Waals surface area contributed by atoms with Gasteiger partial charge in [-0.05, 0) is 11.4 Å². The van der Waals surface area contributed by atoms with Crippen LogP contribution < -0.4 is 5.32 Å². The number of nitrogens with one attached hydrogen (secondary N) is 1. The second-order valence-corrected chi connectivity index (χ2v) is 9.10. The molecule has 1 unspecified atom stereocenters. The second-order valence-electron chi connectivity index (χ2n) is 7.12. The minimum Gasteiger partial charge on any atom is -0.463 e. The fourth-order valence-electron chi connectivity index (χ4n) is 3.30. The van der Waals surface area contributed by atoms with Crippen LogP contribution in [0, 0.1) is 0 Å². The van der Waals surface area contributed by atoms with Crippen LogP contribution in [0.1, 0.15) is 47.6 Å². The highest BCUT2D eigenvalue weighted by atomic mass is 32.1. The number of rotatable bonds is 9. The highest BCUT2D eigenvalue weighted by molar-refractivity contribution is 7.19. The van der Waals surface area contributed by atoms with Crippen LogP contribution in [-0.4, -0.2) is 71.9 Å². The number of carbonyl (C=O) groups is 5. The van der Waals surface area contributed by atoms with Crippen LogP contribution in [0.3, 0.4) is 0 Å². The molecule has 1 N–H and O–H groups in total. The largest absolute Gasteiger partial charge is 0.463 e. The van der Waals surface area contributed by atoms with E-state index in [-0.39, 0.29) is 15.8 Å². The van der Waals surface area contributed by atoms with E-state index in [9.17, 15) is 24.0 Å². The molecule has 12 nitrogen and oxygen atoms in total. The summed E-state index contributed by atoms with van der Waals surface area (Å²) in [5.74, 6) is -4.47. The molecule has 3 heterocycles. The molecule has 194 valence electrons. The minimum absolute atomic E-state index is 0.117. The number of aromatic nitrogens is 1. The monoisotopic (exact) mass is 544 g/mol. The van der Waals surface area contributed by atoms with Gasteiger partial charge in [0.25, 0.3) is 0 Å². The number of ketones is 1. The van der Waals surface area contributed by atoms with Crippen LogP contribution in [0.25, 0.3) is 0 Å². The van der Waals surface area contributed by atoms with Crippen LogP contribution >= 0.6 is 22.7 Å². The van der Waals surface area contributed by atoms with E-state index in [1.165, 1.54) is 17.5 Å². The summed E-state index contributed by atoms with van der Waals surface area (Å²) in [6.45, 7) is -3.85. The summed E-state index contributed by atoms with van der Waals surface area (Å²) in [5.41, 5.74) is 0. The topological polar surface area (TPSA) is 156 Å². The smallest absolute Gasteiger partial charge is 0.303 e. The van der Waals surface area contributed by atoms with Gasteiger partial charge in [0.1, 0.15) is 12.7 Å². The Bertz CT molecular complexity index is 1200. The second kappa shape index (κ2) is 12.1. The predicted octanol–water partition coefficient (Wildman–Crippen LogP) is 1.93. The van der Waals surface area contributed by atoms with Crippen molar-refractivity contribution in [2.75, 3.05) is 11.9 Å². The molecule has 1 fully saturated rings. The van der Waals surface area contributed by atoms with Gasteiger partial charge in [-0.25, -0.2) is 4.98 Å². The lowest BCUT2D eigenvalue weighted by atomic mass is 9.97. The number of esters is 4. The summed E-state index contributed by atoms with van der Waals surface area (Å²) >= 11 is 2.18. The van der Waals surface area contributed by atoms with Crippen LogP contribution in [0.4, 0.5) is 5.13 Å². The molecule has 1 saturated heterocycles. The highest BCUT2D eigenvalue weighted by Crippen LogP contribution is 2.31. The Labute approximate surface area is 219 Å². The molecule has 36 heavy (non-hydrogen) atoms. The first-order valence-electron chi connectivity index (χ1n) is 12.9. The standard InChI is InChI=1S/C22H24N2O10S2/c1-10(25)30-9-14-18(31-11(2)26)19(32-12(3)27)20(33-13(4)28)21(34-14)24-22-23-8-16(36-22)17(29)15-6-5-7-35-15/h5-8,14,18-21H,9H2,1-4H3,(H,23,24)/t14-,18-,19+,20+,21?/m1/s1/i1D,2D,3D,4D. The Balaban J connectivity index is 1.97. The van der Waals surface area contributed by atoms with Gasteiger partial charge < -0.3 is 29.0 Å². The summed E-state index contributed by atoms with van der Waals surface area (Å²) in [4.78, 5) is 65.7. The number of thiophene rings is 1. The first kappa shape index (κ1) is 21.9.